The number of phenols is 1. The minimum Gasteiger partial charge on any atom is -0.508 e. The van der Waals surface area contributed by atoms with Crippen LogP contribution in [0.15, 0.2) is 18.2 Å². The van der Waals surface area contributed by atoms with Crippen molar-refractivity contribution < 1.29 is 18.1 Å². The van der Waals surface area contributed by atoms with Crippen LogP contribution in [-0.2, 0) is 10.1 Å². The summed E-state index contributed by atoms with van der Waals surface area (Å²) in [5, 5.41) is 8.89. The summed E-state index contributed by atoms with van der Waals surface area (Å²) in [6, 6.07) is 4.87. The number of hydrogen-bond acceptors (Lipinski definition) is 3. The molecule has 0 saturated heterocycles. The van der Waals surface area contributed by atoms with Gasteiger partial charge in [-0.25, -0.2) is 0 Å². The molecule has 0 aliphatic rings. The molecule has 0 amide bonds. The lowest BCUT2D eigenvalue weighted by atomic mass is 9.99. The average Bonchev–Trinajstić information content (AvgIpc) is 2.39. The van der Waals surface area contributed by atoms with Crippen molar-refractivity contribution in [1.29, 1.82) is 0 Å². The van der Waals surface area contributed by atoms with Crippen LogP contribution in [0.2, 0.25) is 0 Å². The SMILES string of the molecule is CCCCCCCCC(c1c(C)cccc1O)S(=O)(=O)O. The van der Waals surface area contributed by atoms with Gasteiger partial charge in [0.25, 0.3) is 10.1 Å². The van der Waals surface area contributed by atoms with E-state index in [1.807, 2.05) is 0 Å². The minimum absolute atomic E-state index is 0.0661. The maximum atomic E-state index is 11.6. The highest BCUT2D eigenvalue weighted by Crippen LogP contribution is 2.35. The van der Waals surface area contributed by atoms with E-state index in [0.717, 1.165) is 25.7 Å². The summed E-state index contributed by atoms with van der Waals surface area (Å²) in [5.41, 5.74) is 1.01. The molecule has 21 heavy (non-hydrogen) atoms. The highest BCUT2D eigenvalue weighted by atomic mass is 32.2. The van der Waals surface area contributed by atoms with Gasteiger partial charge < -0.3 is 5.11 Å². The van der Waals surface area contributed by atoms with Crippen molar-refractivity contribution in [2.75, 3.05) is 0 Å². The third-order valence-corrected chi connectivity index (χ3v) is 4.99. The molecule has 1 aromatic rings. The highest BCUT2D eigenvalue weighted by Gasteiger charge is 2.28. The Bertz CT molecular complexity index is 517. The van der Waals surface area contributed by atoms with Gasteiger partial charge in [0.05, 0.1) is 0 Å². The van der Waals surface area contributed by atoms with Gasteiger partial charge in [-0.15, -0.1) is 0 Å². The molecule has 0 aromatic heterocycles. The van der Waals surface area contributed by atoms with E-state index in [1.165, 1.54) is 18.9 Å². The number of phenolic OH excluding ortho intramolecular Hbond substituents is 1. The lowest BCUT2D eigenvalue weighted by Gasteiger charge is -2.18. The van der Waals surface area contributed by atoms with E-state index in [0.29, 0.717) is 17.5 Å². The van der Waals surface area contributed by atoms with Crippen molar-refractivity contribution in [3.63, 3.8) is 0 Å². The summed E-state index contributed by atoms with van der Waals surface area (Å²) in [7, 11) is -4.22. The van der Waals surface area contributed by atoms with Crippen LogP contribution in [0, 0.1) is 6.92 Å². The van der Waals surface area contributed by atoms with Gasteiger partial charge >= 0.3 is 0 Å². The van der Waals surface area contributed by atoms with Crippen LogP contribution in [0.1, 0.15) is 68.2 Å². The maximum absolute atomic E-state index is 11.6. The van der Waals surface area contributed by atoms with Crippen LogP contribution >= 0.6 is 0 Å². The number of unbranched alkanes of at least 4 members (excludes halogenated alkanes) is 5. The zero-order valence-corrected chi connectivity index (χ0v) is 13.7. The highest BCUT2D eigenvalue weighted by molar-refractivity contribution is 7.86. The van der Waals surface area contributed by atoms with Gasteiger partial charge in [-0.05, 0) is 25.0 Å². The first kappa shape index (κ1) is 18.0. The van der Waals surface area contributed by atoms with E-state index in [4.69, 9.17) is 0 Å². The van der Waals surface area contributed by atoms with E-state index in [1.54, 1.807) is 19.1 Å². The van der Waals surface area contributed by atoms with Crippen LogP contribution in [-0.4, -0.2) is 18.1 Å². The average molecular weight is 314 g/mol. The van der Waals surface area contributed by atoms with Crippen molar-refractivity contribution in [1.82, 2.24) is 0 Å². The standard InChI is InChI=1S/C16H26O4S/c1-3-4-5-6-7-8-12-15(21(18,19)20)16-13(2)10-9-11-14(16)17/h9-11,15,17H,3-8,12H2,1-2H3,(H,18,19,20). The monoisotopic (exact) mass is 314 g/mol. The quantitative estimate of drug-likeness (QED) is 0.524. The van der Waals surface area contributed by atoms with Crippen molar-refractivity contribution in [3.8, 4) is 5.75 Å². The Labute approximate surface area is 128 Å². The first-order valence-corrected chi connectivity index (χ1v) is 9.13. The molecule has 0 bridgehead atoms. The molecule has 5 heteroatoms. The van der Waals surface area contributed by atoms with E-state index in [-0.39, 0.29) is 5.75 Å². The van der Waals surface area contributed by atoms with Crippen molar-refractivity contribution in [3.05, 3.63) is 29.3 Å². The topological polar surface area (TPSA) is 74.6 Å². The molecule has 1 unspecified atom stereocenters. The van der Waals surface area contributed by atoms with E-state index >= 15 is 0 Å². The molecule has 0 aliphatic carbocycles. The van der Waals surface area contributed by atoms with Crippen LogP contribution in [0.3, 0.4) is 0 Å². The van der Waals surface area contributed by atoms with E-state index in [2.05, 4.69) is 6.92 Å². The summed E-state index contributed by atoms with van der Waals surface area (Å²) < 4.78 is 32.8. The Kier molecular flexibility index (Phi) is 7.18. The first-order chi connectivity index (χ1) is 9.88. The molecule has 1 atom stereocenters. The molecule has 0 fully saturated rings. The normalized spacial score (nSPS) is 13.3. The maximum Gasteiger partial charge on any atom is 0.272 e. The second-order valence-corrected chi connectivity index (χ2v) is 7.17. The lowest BCUT2D eigenvalue weighted by Crippen LogP contribution is -2.14. The van der Waals surface area contributed by atoms with Crippen LogP contribution in [0.4, 0.5) is 0 Å². The number of aryl methyl sites for hydroxylation is 1. The fraction of sp³-hybridized carbons (Fsp3) is 0.625. The Morgan fingerprint density at radius 2 is 1.71 bits per heavy atom. The Balaban J connectivity index is 2.75. The summed E-state index contributed by atoms with van der Waals surface area (Å²) in [6.45, 7) is 3.89. The van der Waals surface area contributed by atoms with Gasteiger partial charge in [0.1, 0.15) is 11.0 Å². The Morgan fingerprint density at radius 1 is 1.10 bits per heavy atom. The van der Waals surface area contributed by atoms with Crippen LogP contribution < -0.4 is 0 Å². The third-order valence-electron chi connectivity index (χ3n) is 3.80. The summed E-state index contributed by atoms with van der Waals surface area (Å²) in [6.07, 6.45) is 6.60. The molecule has 0 saturated carbocycles. The minimum atomic E-state index is -4.22. The first-order valence-electron chi connectivity index (χ1n) is 7.62. The zero-order chi connectivity index (χ0) is 15.9. The van der Waals surface area contributed by atoms with Gasteiger partial charge in [0.15, 0.2) is 0 Å². The van der Waals surface area contributed by atoms with E-state index in [9.17, 15) is 18.1 Å². The molecule has 0 spiro atoms. The predicted octanol–water partition coefficient (Wildman–Crippen LogP) is 4.38. The van der Waals surface area contributed by atoms with Gasteiger partial charge in [-0.1, -0.05) is 57.6 Å². The van der Waals surface area contributed by atoms with E-state index < -0.39 is 15.4 Å². The summed E-state index contributed by atoms with van der Waals surface area (Å²) in [5.74, 6) is -0.0661. The molecule has 1 rings (SSSR count). The summed E-state index contributed by atoms with van der Waals surface area (Å²) in [4.78, 5) is 0. The molecule has 0 aliphatic heterocycles. The number of hydrogen-bond donors (Lipinski definition) is 2. The largest absolute Gasteiger partial charge is 0.508 e. The van der Waals surface area contributed by atoms with Crippen molar-refractivity contribution in [2.45, 2.75) is 64.0 Å². The number of benzene rings is 1. The molecular formula is C16H26O4S. The molecule has 2 N–H and O–H groups in total. The summed E-state index contributed by atoms with van der Waals surface area (Å²) >= 11 is 0. The smallest absolute Gasteiger partial charge is 0.272 e. The zero-order valence-electron chi connectivity index (χ0n) is 12.9. The van der Waals surface area contributed by atoms with Crippen molar-refractivity contribution in [2.24, 2.45) is 0 Å². The fourth-order valence-electron chi connectivity index (χ4n) is 2.64. The van der Waals surface area contributed by atoms with Crippen molar-refractivity contribution >= 4 is 10.1 Å². The predicted molar refractivity (Wildman–Crippen MR) is 85.1 cm³/mol. The van der Waals surface area contributed by atoms with Crippen LogP contribution in [0.5, 0.6) is 5.75 Å². The molecule has 0 radical (unpaired) electrons. The fourth-order valence-corrected chi connectivity index (χ4v) is 3.71. The number of aromatic hydroxyl groups is 1. The molecular weight excluding hydrogens is 288 g/mol. The Morgan fingerprint density at radius 3 is 2.29 bits per heavy atom. The Hall–Kier alpha value is -1.07. The van der Waals surface area contributed by atoms with Crippen LogP contribution in [0.25, 0.3) is 0 Å². The second kappa shape index (κ2) is 8.39. The van der Waals surface area contributed by atoms with Gasteiger partial charge in [-0.2, -0.15) is 8.42 Å². The molecule has 4 nitrogen and oxygen atoms in total. The number of rotatable bonds is 9. The van der Waals surface area contributed by atoms with Gasteiger partial charge in [0, 0.05) is 5.56 Å². The third kappa shape index (κ3) is 5.67. The molecule has 1 aromatic carbocycles. The lowest BCUT2D eigenvalue weighted by molar-refractivity contribution is 0.440. The molecule has 120 valence electrons. The molecule has 0 heterocycles. The second-order valence-electron chi connectivity index (χ2n) is 5.57. The van der Waals surface area contributed by atoms with Gasteiger partial charge in [0.2, 0.25) is 0 Å². The van der Waals surface area contributed by atoms with Gasteiger partial charge in [-0.3, -0.25) is 4.55 Å².